The predicted molar refractivity (Wildman–Crippen MR) is 130 cm³/mol. The zero-order chi connectivity index (χ0) is 23.5. The van der Waals surface area contributed by atoms with Gasteiger partial charge in [0, 0.05) is 31.6 Å². The van der Waals surface area contributed by atoms with Crippen molar-refractivity contribution in [1.29, 1.82) is 0 Å². The largest absolute Gasteiger partial charge is 0.381 e. The highest BCUT2D eigenvalue weighted by Gasteiger charge is 2.24. The van der Waals surface area contributed by atoms with E-state index in [4.69, 9.17) is 0 Å². The molecule has 0 saturated heterocycles. The highest BCUT2D eigenvalue weighted by molar-refractivity contribution is 6.06. The first-order valence-corrected chi connectivity index (χ1v) is 11.9. The summed E-state index contributed by atoms with van der Waals surface area (Å²) in [7, 11) is 0. The number of carbonyl (C=O) groups is 2. The number of hydrogen-bond donors (Lipinski definition) is 2. The molecule has 0 aliphatic heterocycles. The minimum atomic E-state index is -0.177. The molecule has 1 saturated carbocycles. The summed E-state index contributed by atoms with van der Waals surface area (Å²) in [5, 5.41) is 12.0. The third kappa shape index (κ3) is 4.92. The van der Waals surface area contributed by atoms with Crippen molar-refractivity contribution in [3.63, 3.8) is 0 Å². The third-order valence-corrected chi connectivity index (χ3v) is 6.55. The van der Waals surface area contributed by atoms with Gasteiger partial charge in [0.05, 0.1) is 28.9 Å². The fraction of sp³-hybridized carbons (Fsp3) is 0.462. The van der Waals surface area contributed by atoms with Gasteiger partial charge in [-0.1, -0.05) is 38.1 Å². The summed E-state index contributed by atoms with van der Waals surface area (Å²) < 4.78 is 1.82. The lowest BCUT2D eigenvalue weighted by Crippen LogP contribution is -2.30. The summed E-state index contributed by atoms with van der Waals surface area (Å²) in [6, 6.07) is 8.38. The Bertz CT molecular complexity index is 1140. The molecule has 1 unspecified atom stereocenters. The van der Waals surface area contributed by atoms with Gasteiger partial charge in [-0.15, -0.1) is 0 Å². The molecule has 7 nitrogen and oxygen atoms in total. The van der Waals surface area contributed by atoms with Gasteiger partial charge in [-0.3, -0.25) is 9.59 Å². The number of nitrogens with zero attached hydrogens (tertiary/aromatic N) is 3. The Morgan fingerprint density at radius 1 is 1.09 bits per heavy atom. The van der Waals surface area contributed by atoms with Crippen LogP contribution in [0.15, 0.2) is 36.7 Å². The molecule has 1 amide bonds. The van der Waals surface area contributed by atoms with Crippen LogP contribution in [0.25, 0.3) is 11.0 Å². The normalized spacial score (nSPS) is 15.7. The van der Waals surface area contributed by atoms with Crippen LogP contribution in [0, 0.1) is 0 Å². The maximum Gasteiger partial charge on any atom is 0.255 e. The van der Waals surface area contributed by atoms with Crippen LogP contribution < -0.4 is 10.6 Å². The Morgan fingerprint density at radius 2 is 1.76 bits per heavy atom. The average Bonchev–Trinajstić information content (AvgIpc) is 3.24. The number of ketones is 1. The lowest BCUT2D eigenvalue weighted by Gasteiger charge is -2.25. The summed E-state index contributed by atoms with van der Waals surface area (Å²) in [5.41, 5.74) is 4.33. The molecule has 1 aliphatic carbocycles. The second-order valence-electron chi connectivity index (χ2n) is 9.22. The Labute approximate surface area is 195 Å². The molecule has 1 atom stereocenters. The lowest BCUT2D eigenvalue weighted by molar-refractivity contribution is -0.120. The molecule has 1 aromatic carbocycles. The van der Waals surface area contributed by atoms with Crippen LogP contribution in [-0.2, 0) is 11.3 Å². The first kappa shape index (κ1) is 23.0. The standard InChI is InChI=1S/C26H33N5O2/c1-5-31-25-22(15-28-31)24(30-20-10-12-21(32)13-11-20)23(14-27-25)26(33)29-17(4)19-8-6-18(7-9-19)16(2)3/h6-9,14-17,20H,5,10-13H2,1-4H3,(H,27,30)(H,29,33). The van der Waals surface area contributed by atoms with E-state index < -0.39 is 0 Å². The highest BCUT2D eigenvalue weighted by atomic mass is 16.1. The number of nitrogens with one attached hydrogen (secondary N) is 2. The molecule has 4 rings (SSSR count). The minimum Gasteiger partial charge on any atom is -0.381 e. The predicted octanol–water partition coefficient (Wildman–Crippen LogP) is 4.99. The fourth-order valence-corrected chi connectivity index (χ4v) is 4.40. The van der Waals surface area contributed by atoms with Crippen molar-refractivity contribution in [3.8, 4) is 0 Å². The van der Waals surface area contributed by atoms with Gasteiger partial charge < -0.3 is 10.6 Å². The van der Waals surface area contributed by atoms with Crippen LogP contribution in [0.1, 0.15) is 86.8 Å². The maximum atomic E-state index is 13.4. The molecule has 0 bridgehead atoms. The molecular weight excluding hydrogens is 414 g/mol. The maximum absolute atomic E-state index is 13.4. The van der Waals surface area contributed by atoms with Crippen LogP contribution in [-0.4, -0.2) is 32.5 Å². The summed E-state index contributed by atoms with van der Waals surface area (Å²) in [4.78, 5) is 29.6. The number of rotatable bonds is 7. The van der Waals surface area contributed by atoms with E-state index in [1.807, 2.05) is 18.5 Å². The van der Waals surface area contributed by atoms with Crippen LogP contribution in [0.4, 0.5) is 5.69 Å². The molecule has 3 aromatic rings. The molecule has 0 radical (unpaired) electrons. The van der Waals surface area contributed by atoms with Crippen LogP contribution in [0.2, 0.25) is 0 Å². The van der Waals surface area contributed by atoms with Crippen molar-refractivity contribution in [3.05, 3.63) is 53.3 Å². The van der Waals surface area contributed by atoms with Crippen molar-refractivity contribution >= 4 is 28.4 Å². The number of aryl methyl sites for hydroxylation is 1. The van der Waals surface area contributed by atoms with E-state index in [0.717, 1.165) is 35.1 Å². The van der Waals surface area contributed by atoms with E-state index >= 15 is 0 Å². The van der Waals surface area contributed by atoms with Crippen molar-refractivity contribution in [2.45, 2.75) is 77.9 Å². The monoisotopic (exact) mass is 447 g/mol. The molecule has 7 heteroatoms. The topological polar surface area (TPSA) is 88.9 Å². The Kier molecular flexibility index (Phi) is 6.77. The van der Waals surface area contributed by atoms with Crippen LogP contribution in [0.5, 0.6) is 0 Å². The van der Waals surface area contributed by atoms with E-state index in [1.165, 1.54) is 5.56 Å². The Balaban J connectivity index is 1.61. The van der Waals surface area contributed by atoms with Gasteiger partial charge >= 0.3 is 0 Å². The molecule has 1 aliphatic rings. The summed E-state index contributed by atoms with van der Waals surface area (Å²) >= 11 is 0. The average molecular weight is 448 g/mol. The molecule has 2 N–H and O–H groups in total. The number of benzene rings is 1. The highest BCUT2D eigenvalue weighted by Crippen LogP contribution is 2.30. The van der Waals surface area contributed by atoms with E-state index in [1.54, 1.807) is 12.4 Å². The summed E-state index contributed by atoms with van der Waals surface area (Å²) in [6.07, 6.45) is 6.09. The lowest BCUT2D eigenvalue weighted by atomic mass is 9.94. The van der Waals surface area contributed by atoms with E-state index in [0.29, 0.717) is 36.7 Å². The van der Waals surface area contributed by atoms with E-state index in [-0.39, 0.29) is 18.0 Å². The van der Waals surface area contributed by atoms with Crippen LogP contribution >= 0.6 is 0 Å². The van der Waals surface area contributed by atoms with Crippen molar-refractivity contribution < 1.29 is 9.59 Å². The van der Waals surface area contributed by atoms with E-state index in [9.17, 15) is 9.59 Å². The van der Waals surface area contributed by atoms with Gasteiger partial charge in [-0.25, -0.2) is 9.67 Å². The second kappa shape index (κ2) is 9.73. The summed E-state index contributed by atoms with van der Waals surface area (Å²) in [5.74, 6) is 0.597. The first-order valence-electron chi connectivity index (χ1n) is 11.9. The van der Waals surface area contributed by atoms with Gasteiger partial charge in [0.25, 0.3) is 5.91 Å². The second-order valence-corrected chi connectivity index (χ2v) is 9.22. The van der Waals surface area contributed by atoms with Crippen LogP contribution in [0.3, 0.4) is 0 Å². The molecule has 2 heterocycles. The fourth-order valence-electron chi connectivity index (χ4n) is 4.40. The molecule has 0 spiro atoms. The molecule has 2 aromatic heterocycles. The SMILES string of the molecule is CCn1ncc2c(NC3CCC(=O)CC3)c(C(=O)NC(C)c3ccc(C(C)C)cc3)cnc21. The Hall–Kier alpha value is -3.22. The Morgan fingerprint density at radius 3 is 2.39 bits per heavy atom. The minimum absolute atomic E-state index is 0.144. The molecule has 1 fully saturated rings. The van der Waals surface area contributed by atoms with Gasteiger partial charge in [0.1, 0.15) is 5.78 Å². The van der Waals surface area contributed by atoms with Crippen molar-refractivity contribution in [2.75, 3.05) is 5.32 Å². The van der Waals surface area contributed by atoms with Gasteiger partial charge in [-0.2, -0.15) is 5.10 Å². The van der Waals surface area contributed by atoms with Gasteiger partial charge in [0.15, 0.2) is 5.65 Å². The number of carbonyl (C=O) groups excluding carboxylic acids is 2. The first-order chi connectivity index (χ1) is 15.9. The third-order valence-electron chi connectivity index (χ3n) is 6.55. The summed E-state index contributed by atoms with van der Waals surface area (Å²) in [6.45, 7) is 9.04. The zero-order valence-electron chi connectivity index (χ0n) is 19.9. The number of pyridine rings is 1. The molecule has 174 valence electrons. The quantitative estimate of drug-likeness (QED) is 0.533. The van der Waals surface area contributed by atoms with Crippen molar-refractivity contribution in [2.24, 2.45) is 0 Å². The number of aromatic nitrogens is 3. The van der Waals surface area contributed by atoms with E-state index in [2.05, 4.69) is 58.8 Å². The zero-order valence-corrected chi connectivity index (χ0v) is 19.9. The number of amides is 1. The smallest absolute Gasteiger partial charge is 0.255 e. The molecule has 33 heavy (non-hydrogen) atoms. The number of hydrogen-bond acceptors (Lipinski definition) is 5. The molecular formula is C26H33N5O2. The number of Topliss-reactive ketones (excluding diaryl/α,β-unsaturated/α-hetero) is 1. The number of fused-ring (bicyclic) bond motifs is 1. The van der Waals surface area contributed by atoms with Gasteiger partial charge in [0.2, 0.25) is 0 Å². The number of anilines is 1. The van der Waals surface area contributed by atoms with Crippen molar-refractivity contribution in [1.82, 2.24) is 20.1 Å². The van der Waals surface area contributed by atoms with Gasteiger partial charge in [-0.05, 0) is 43.7 Å².